The summed E-state index contributed by atoms with van der Waals surface area (Å²) in [6.45, 7) is 2.76. The van der Waals surface area contributed by atoms with Gasteiger partial charge in [-0.1, -0.05) is 17.7 Å². The molecule has 1 atom stereocenters. The Morgan fingerprint density at radius 1 is 1.62 bits per heavy atom. The second kappa shape index (κ2) is 5.17. The van der Waals surface area contributed by atoms with Gasteiger partial charge in [0, 0.05) is 18.8 Å². The van der Waals surface area contributed by atoms with E-state index in [1.54, 1.807) is 12.3 Å². The summed E-state index contributed by atoms with van der Waals surface area (Å²) in [4.78, 5) is 3.95. The molecule has 0 saturated heterocycles. The molecule has 72 valence electrons. The molecule has 0 fully saturated rings. The Labute approximate surface area is 82.8 Å². The molecule has 0 aliphatic rings. The lowest BCUT2D eigenvalue weighted by Crippen LogP contribution is -2.28. The van der Waals surface area contributed by atoms with E-state index in [1.807, 2.05) is 13.0 Å². The molecule has 0 aromatic carbocycles. The maximum atomic E-state index is 8.76. The van der Waals surface area contributed by atoms with Gasteiger partial charge in [0.25, 0.3) is 0 Å². The Morgan fingerprint density at radius 2 is 2.38 bits per heavy atom. The van der Waals surface area contributed by atoms with Crippen molar-refractivity contribution < 1.29 is 5.11 Å². The number of nitrogens with zero attached hydrogens (tertiary/aromatic N) is 1. The molecule has 1 heterocycles. The Morgan fingerprint density at radius 3 is 2.92 bits per heavy atom. The number of hydrogen-bond acceptors (Lipinski definition) is 3. The van der Waals surface area contributed by atoms with Crippen LogP contribution < -0.4 is 5.32 Å². The third-order valence-corrected chi connectivity index (χ3v) is 1.94. The molecule has 1 rings (SSSR count). The van der Waals surface area contributed by atoms with Crippen LogP contribution in [0.4, 0.5) is 0 Å². The molecule has 1 unspecified atom stereocenters. The van der Waals surface area contributed by atoms with Crippen LogP contribution in [-0.4, -0.2) is 22.7 Å². The molecular weight excluding hydrogens is 188 g/mol. The molecule has 13 heavy (non-hydrogen) atoms. The fourth-order valence-electron chi connectivity index (χ4n) is 0.868. The number of aliphatic hydroxyl groups is 1. The van der Waals surface area contributed by atoms with Gasteiger partial charge in [0.05, 0.1) is 6.61 Å². The standard InChI is InChI=1S/C9H13ClN2O/c1-7(6-13)11-4-8-2-3-9(10)12-5-8/h2-3,5,7,11,13H,4,6H2,1H3. The van der Waals surface area contributed by atoms with Gasteiger partial charge in [-0.15, -0.1) is 0 Å². The van der Waals surface area contributed by atoms with Crippen LogP contribution in [0.3, 0.4) is 0 Å². The molecule has 0 radical (unpaired) electrons. The number of hydrogen-bond donors (Lipinski definition) is 2. The molecule has 1 aromatic heterocycles. The predicted molar refractivity (Wildman–Crippen MR) is 52.6 cm³/mol. The average Bonchev–Trinajstić information content (AvgIpc) is 2.16. The van der Waals surface area contributed by atoms with Crippen LogP contribution in [0.25, 0.3) is 0 Å². The minimum Gasteiger partial charge on any atom is -0.395 e. The Kier molecular flexibility index (Phi) is 4.15. The van der Waals surface area contributed by atoms with E-state index in [0.717, 1.165) is 5.56 Å². The number of nitrogens with one attached hydrogen (secondary N) is 1. The van der Waals surface area contributed by atoms with Gasteiger partial charge < -0.3 is 10.4 Å². The van der Waals surface area contributed by atoms with Gasteiger partial charge in [0.15, 0.2) is 0 Å². The highest BCUT2D eigenvalue weighted by Gasteiger charge is 1.98. The topological polar surface area (TPSA) is 45.1 Å². The summed E-state index contributed by atoms with van der Waals surface area (Å²) >= 11 is 5.63. The van der Waals surface area contributed by atoms with Crippen molar-refractivity contribution in [2.45, 2.75) is 19.5 Å². The Balaban J connectivity index is 2.41. The lowest BCUT2D eigenvalue weighted by atomic mass is 10.2. The van der Waals surface area contributed by atoms with Crippen molar-refractivity contribution >= 4 is 11.6 Å². The van der Waals surface area contributed by atoms with E-state index in [9.17, 15) is 0 Å². The molecule has 4 heteroatoms. The molecule has 0 spiro atoms. The van der Waals surface area contributed by atoms with E-state index >= 15 is 0 Å². The second-order valence-electron chi connectivity index (χ2n) is 2.95. The summed E-state index contributed by atoms with van der Waals surface area (Å²) in [5.41, 5.74) is 1.06. The van der Waals surface area contributed by atoms with Crippen LogP contribution in [0.5, 0.6) is 0 Å². The largest absolute Gasteiger partial charge is 0.395 e. The first kappa shape index (κ1) is 10.4. The van der Waals surface area contributed by atoms with Gasteiger partial charge in [-0.3, -0.25) is 0 Å². The maximum Gasteiger partial charge on any atom is 0.129 e. The number of pyridine rings is 1. The highest BCUT2D eigenvalue weighted by atomic mass is 35.5. The van der Waals surface area contributed by atoms with E-state index in [2.05, 4.69) is 10.3 Å². The fraction of sp³-hybridized carbons (Fsp3) is 0.444. The highest BCUT2D eigenvalue weighted by Crippen LogP contribution is 2.04. The number of rotatable bonds is 4. The van der Waals surface area contributed by atoms with Gasteiger partial charge in [0.2, 0.25) is 0 Å². The molecule has 1 aromatic rings. The minimum absolute atomic E-state index is 0.107. The zero-order chi connectivity index (χ0) is 9.68. The zero-order valence-corrected chi connectivity index (χ0v) is 8.25. The third kappa shape index (κ3) is 3.72. The van der Waals surface area contributed by atoms with E-state index in [0.29, 0.717) is 11.7 Å². The van der Waals surface area contributed by atoms with Gasteiger partial charge in [-0.25, -0.2) is 4.98 Å². The SMILES string of the molecule is CC(CO)NCc1ccc(Cl)nc1. The second-order valence-corrected chi connectivity index (χ2v) is 3.34. The van der Waals surface area contributed by atoms with Crippen molar-refractivity contribution in [2.24, 2.45) is 0 Å². The first-order valence-corrected chi connectivity index (χ1v) is 4.55. The first-order valence-electron chi connectivity index (χ1n) is 4.17. The molecule has 0 saturated carbocycles. The van der Waals surface area contributed by atoms with E-state index in [1.165, 1.54) is 0 Å². The zero-order valence-electron chi connectivity index (χ0n) is 7.50. The van der Waals surface area contributed by atoms with E-state index in [-0.39, 0.29) is 12.6 Å². The predicted octanol–water partition coefficient (Wildman–Crippen LogP) is 1.21. The lowest BCUT2D eigenvalue weighted by molar-refractivity contribution is 0.251. The van der Waals surface area contributed by atoms with Crippen LogP contribution in [0.1, 0.15) is 12.5 Å². The van der Waals surface area contributed by atoms with Crippen LogP contribution in [0, 0.1) is 0 Å². The van der Waals surface area contributed by atoms with Crippen molar-refractivity contribution in [2.75, 3.05) is 6.61 Å². The van der Waals surface area contributed by atoms with Gasteiger partial charge in [-0.2, -0.15) is 0 Å². The van der Waals surface area contributed by atoms with Crippen molar-refractivity contribution in [1.82, 2.24) is 10.3 Å². The molecule has 2 N–H and O–H groups in total. The van der Waals surface area contributed by atoms with Crippen LogP contribution in [0.15, 0.2) is 18.3 Å². The smallest absolute Gasteiger partial charge is 0.129 e. The van der Waals surface area contributed by atoms with Crippen molar-refractivity contribution in [1.29, 1.82) is 0 Å². The van der Waals surface area contributed by atoms with Crippen molar-refractivity contribution in [3.63, 3.8) is 0 Å². The van der Waals surface area contributed by atoms with E-state index < -0.39 is 0 Å². The molecular formula is C9H13ClN2O. The third-order valence-electron chi connectivity index (χ3n) is 1.72. The number of halogens is 1. The molecule has 0 aliphatic carbocycles. The normalized spacial score (nSPS) is 12.8. The summed E-state index contributed by atoms with van der Waals surface area (Å²) in [6.07, 6.45) is 1.72. The summed E-state index contributed by atoms with van der Waals surface area (Å²) in [5, 5.41) is 12.4. The molecule has 0 aliphatic heterocycles. The lowest BCUT2D eigenvalue weighted by Gasteiger charge is -2.09. The quantitative estimate of drug-likeness (QED) is 0.719. The average molecular weight is 201 g/mol. The summed E-state index contributed by atoms with van der Waals surface area (Å²) < 4.78 is 0. The van der Waals surface area contributed by atoms with Crippen molar-refractivity contribution in [3.05, 3.63) is 29.0 Å². The number of aliphatic hydroxyl groups excluding tert-OH is 1. The van der Waals surface area contributed by atoms with Crippen LogP contribution in [0.2, 0.25) is 5.15 Å². The van der Waals surface area contributed by atoms with E-state index in [4.69, 9.17) is 16.7 Å². The molecule has 3 nitrogen and oxygen atoms in total. The molecule has 0 amide bonds. The Bertz CT molecular complexity index is 250. The highest BCUT2D eigenvalue weighted by molar-refractivity contribution is 6.29. The maximum absolute atomic E-state index is 8.76. The van der Waals surface area contributed by atoms with Crippen molar-refractivity contribution in [3.8, 4) is 0 Å². The van der Waals surface area contributed by atoms with Crippen LogP contribution >= 0.6 is 11.6 Å². The van der Waals surface area contributed by atoms with Gasteiger partial charge in [-0.05, 0) is 18.6 Å². The Hall–Kier alpha value is -0.640. The monoisotopic (exact) mass is 200 g/mol. The fourth-order valence-corrected chi connectivity index (χ4v) is 0.979. The minimum atomic E-state index is 0.107. The summed E-state index contributed by atoms with van der Waals surface area (Å²) in [6, 6.07) is 3.77. The van der Waals surface area contributed by atoms with Gasteiger partial charge in [0.1, 0.15) is 5.15 Å². The van der Waals surface area contributed by atoms with Gasteiger partial charge >= 0.3 is 0 Å². The molecule has 0 bridgehead atoms. The van der Waals surface area contributed by atoms with Crippen LogP contribution in [-0.2, 0) is 6.54 Å². The number of aromatic nitrogens is 1. The summed E-state index contributed by atoms with van der Waals surface area (Å²) in [7, 11) is 0. The summed E-state index contributed by atoms with van der Waals surface area (Å²) in [5.74, 6) is 0. The first-order chi connectivity index (χ1) is 6.22.